The molecular weight excluding hydrogens is 258 g/mol. The zero-order valence-corrected chi connectivity index (χ0v) is 13.3. The second kappa shape index (κ2) is 8.53. The lowest BCUT2D eigenvalue weighted by Gasteiger charge is -2.19. The lowest BCUT2D eigenvalue weighted by molar-refractivity contribution is 0.641. The first-order valence-electron chi connectivity index (χ1n) is 7.91. The maximum Gasteiger partial charge on any atom is 0.0363 e. The van der Waals surface area contributed by atoms with Crippen LogP contribution in [-0.4, -0.2) is 24.7 Å². The second-order valence-electron chi connectivity index (χ2n) is 5.55. The first-order chi connectivity index (χ1) is 10.3. The van der Waals surface area contributed by atoms with Gasteiger partial charge in [-0.2, -0.15) is 0 Å². The molecule has 0 saturated heterocycles. The third-order valence-corrected chi connectivity index (χ3v) is 3.67. The lowest BCUT2D eigenvalue weighted by Crippen LogP contribution is -2.23. The summed E-state index contributed by atoms with van der Waals surface area (Å²) in [5, 5.41) is 3.52. The van der Waals surface area contributed by atoms with Crippen molar-refractivity contribution >= 4 is 5.69 Å². The third kappa shape index (κ3) is 5.27. The molecule has 0 fully saturated rings. The Morgan fingerprint density at radius 1 is 1.14 bits per heavy atom. The van der Waals surface area contributed by atoms with Crippen molar-refractivity contribution in [2.45, 2.75) is 32.9 Å². The van der Waals surface area contributed by atoms with E-state index in [1.165, 1.54) is 17.7 Å². The Kier molecular flexibility index (Phi) is 6.35. The molecule has 0 spiro atoms. The Morgan fingerprint density at radius 3 is 2.71 bits per heavy atom. The molecule has 3 nitrogen and oxygen atoms in total. The highest BCUT2D eigenvalue weighted by atomic mass is 15.1. The second-order valence-corrected chi connectivity index (χ2v) is 5.55. The molecule has 0 aliphatic heterocycles. The van der Waals surface area contributed by atoms with Crippen LogP contribution >= 0.6 is 0 Å². The van der Waals surface area contributed by atoms with Crippen LogP contribution in [0.25, 0.3) is 0 Å². The van der Waals surface area contributed by atoms with E-state index < -0.39 is 0 Å². The van der Waals surface area contributed by atoms with Gasteiger partial charge in [-0.15, -0.1) is 0 Å². The number of benzene rings is 1. The van der Waals surface area contributed by atoms with E-state index >= 15 is 0 Å². The molecule has 0 saturated carbocycles. The molecule has 0 unspecified atom stereocenters. The van der Waals surface area contributed by atoms with Gasteiger partial charge >= 0.3 is 0 Å². The molecule has 2 aromatic rings. The molecule has 0 aliphatic rings. The Hall–Kier alpha value is -1.74. The summed E-state index contributed by atoms with van der Waals surface area (Å²) in [4.78, 5) is 2.30. The van der Waals surface area contributed by atoms with Crippen LogP contribution in [-0.2, 0) is 13.1 Å². The number of nitrogens with zero attached hydrogens (tertiary/aromatic N) is 2. The molecule has 1 heterocycles. The van der Waals surface area contributed by atoms with Gasteiger partial charge in [0.2, 0.25) is 0 Å². The Morgan fingerprint density at radius 2 is 1.95 bits per heavy atom. The molecule has 0 bridgehead atoms. The number of hydrogen-bond donors (Lipinski definition) is 1. The molecule has 0 atom stereocenters. The van der Waals surface area contributed by atoms with Crippen LogP contribution < -0.4 is 10.2 Å². The fourth-order valence-corrected chi connectivity index (χ4v) is 2.48. The van der Waals surface area contributed by atoms with E-state index in [1.54, 1.807) is 0 Å². The van der Waals surface area contributed by atoms with Crippen LogP contribution in [0.3, 0.4) is 0 Å². The molecule has 114 valence electrons. The number of hydrogen-bond acceptors (Lipinski definition) is 2. The van der Waals surface area contributed by atoms with Crippen LogP contribution in [0.1, 0.15) is 25.3 Å². The number of rotatable bonds is 9. The molecule has 1 aromatic heterocycles. The maximum absolute atomic E-state index is 3.52. The molecule has 1 N–H and O–H groups in total. The van der Waals surface area contributed by atoms with Gasteiger partial charge in [-0.1, -0.05) is 25.1 Å². The number of aryl methyl sites for hydroxylation is 1. The number of nitrogens with one attached hydrogen (secondary N) is 1. The topological polar surface area (TPSA) is 20.2 Å². The molecule has 3 heteroatoms. The van der Waals surface area contributed by atoms with Gasteiger partial charge in [-0.05, 0) is 43.1 Å². The monoisotopic (exact) mass is 285 g/mol. The highest BCUT2D eigenvalue weighted by molar-refractivity contribution is 5.44. The average Bonchev–Trinajstić information content (AvgIpc) is 2.95. The van der Waals surface area contributed by atoms with Gasteiger partial charge in [-0.3, -0.25) is 0 Å². The van der Waals surface area contributed by atoms with Crippen molar-refractivity contribution in [3.8, 4) is 0 Å². The van der Waals surface area contributed by atoms with E-state index in [1.807, 2.05) is 0 Å². The number of anilines is 1. The van der Waals surface area contributed by atoms with E-state index in [9.17, 15) is 0 Å². The molecule has 21 heavy (non-hydrogen) atoms. The minimum atomic E-state index is 0.964. The summed E-state index contributed by atoms with van der Waals surface area (Å²) in [5.74, 6) is 0. The first kappa shape index (κ1) is 15.6. The van der Waals surface area contributed by atoms with Gasteiger partial charge in [0.05, 0.1) is 0 Å². The molecular formula is C18H27N3. The van der Waals surface area contributed by atoms with Crippen LogP contribution in [0.4, 0.5) is 5.69 Å². The first-order valence-corrected chi connectivity index (χ1v) is 7.91. The van der Waals surface area contributed by atoms with Crippen molar-refractivity contribution in [3.05, 3.63) is 54.4 Å². The standard InChI is InChI=1S/C18H27N3/c1-3-12-21-14-10-17(16-21)15-19-11-7-13-20(2)18-8-5-4-6-9-18/h4-6,8-10,14,16,19H,3,7,11-13,15H2,1-2H3. The van der Waals surface area contributed by atoms with E-state index in [0.29, 0.717) is 0 Å². The summed E-state index contributed by atoms with van der Waals surface area (Å²) in [6, 6.07) is 12.8. The van der Waals surface area contributed by atoms with Crippen molar-refractivity contribution in [3.63, 3.8) is 0 Å². The lowest BCUT2D eigenvalue weighted by atomic mass is 10.3. The molecule has 0 aliphatic carbocycles. The Balaban J connectivity index is 1.61. The van der Waals surface area contributed by atoms with Gasteiger partial charge in [0.15, 0.2) is 0 Å². The minimum Gasteiger partial charge on any atom is -0.375 e. The summed E-state index contributed by atoms with van der Waals surface area (Å²) in [6.07, 6.45) is 6.75. The predicted octanol–water partition coefficient (Wildman–Crippen LogP) is 3.51. The van der Waals surface area contributed by atoms with E-state index in [0.717, 1.165) is 32.6 Å². The average molecular weight is 285 g/mol. The van der Waals surface area contributed by atoms with Crippen molar-refractivity contribution in [1.29, 1.82) is 0 Å². The highest BCUT2D eigenvalue weighted by Gasteiger charge is 2.00. The summed E-state index contributed by atoms with van der Waals surface area (Å²) in [5.41, 5.74) is 2.66. The minimum absolute atomic E-state index is 0.964. The largest absolute Gasteiger partial charge is 0.375 e. The fourth-order valence-electron chi connectivity index (χ4n) is 2.48. The van der Waals surface area contributed by atoms with Gasteiger partial charge in [0, 0.05) is 44.8 Å². The van der Waals surface area contributed by atoms with Crippen molar-refractivity contribution in [2.24, 2.45) is 0 Å². The Bertz CT molecular complexity index is 504. The summed E-state index contributed by atoms with van der Waals surface area (Å²) >= 11 is 0. The normalized spacial score (nSPS) is 10.8. The summed E-state index contributed by atoms with van der Waals surface area (Å²) in [6.45, 7) is 6.42. The van der Waals surface area contributed by atoms with Gasteiger partial charge in [-0.25, -0.2) is 0 Å². The van der Waals surface area contributed by atoms with Crippen molar-refractivity contribution in [1.82, 2.24) is 9.88 Å². The quantitative estimate of drug-likeness (QED) is 0.711. The van der Waals surface area contributed by atoms with Crippen LogP contribution in [0.5, 0.6) is 0 Å². The van der Waals surface area contributed by atoms with Crippen LogP contribution in [0.2, 0.25) is 0 Å². The maximum atomic E-state index is 3.52. The molecule has 0 amide bonds. The fraction of sp³-hybridized carbons (Fsp3) is 0.444. The van der Waals surface area contributed by atoms with Gasteiger partial charge < -0.3 is 14.8 Å². The van der Waals surface area contributed by atoms with Crippen molar-refractivity contribution < 1.29 is 0 Å². The zero-order chi connectivity index (χ0) is 14.9. The molecule has 1 aromatic carbocycles. The van der Waals surface area contributed by atoms with Crippen molar-refractivity contribution in [2.75, 3.05) is 25.0 Å². The van der Waals surface area contributed by atoms with E-state index in [2.05, 4.69) is 77.5 Å². The van der Waals surface area contributed by atoms with E-state index in [4.69, 9.17) is 0 Å². The summed E-state index contributed by atoms with van der Waals surface area (Å²) < 4.78 is 2.26. The third-order valence-electron chi connectivity index (χ3n) is 3.67. The molecule has 0 radical (unpaired) electrons. The Labute approximate surface area is 128 Å². The smallest absolute Gasteiger partial charge is 0.0363 e. The SMILES string of the molecule is CCCn1ccc(CNCCCN(C)c2ccccc2)c1. The zero-order valence-electron chi connectivity index (χ0n) is 13.3. The van der Waals surface area contributed by atoms with Gasteiger partial charge in [0.25, 0.3) is 0 Å². The molecule has 2 rings (SSSR count). The number of para-hydroxylation sites is 1. The van der Waals surface area contributed by atoms with Gasteiger partial charge in [0.1, 0.15) is 0 Å². The predicted molar refractivity (Wildman–Crippen MR) is 90.8 cm³/mol. The van der Waals surface area contributed by atoms with E-state index in [-0.39, 0.29) is 0 Å². The highest BCUT2D eigenvalue weighted by Crippen LogP contribution is 2.10. The number of aromatic nitrogens is 1. The van der Waals surface area contributed by atoms with Crippen LogP contribution in [0.15, 0.2) is 48.8 Å². The summed E-state index contributed by atoms with van der Waals surface area (Å²) in [7, 11) is 2.15. The van der Waals surface area contributed by atoms with Crippen LogP contribution in [0, 0.1) is 0 Å².